The summed E-state index contributed by atoms with van der Waals surface area (Å²) in [5, 5.41) is 1.14. The van der Waals surface area contributed by atoms with E-state index >= 15 is 0 Å². The number of nitrogens with zero attached hydrogens (tertiary/aromatic N) is 1. The standard InChI is InChI=1S/C10H22BrNS/c1-4-5-10(8-11)9-12(2)6-7-13-3/h10H,4-9H2,1-3H3. The Morgan fingerprint density at radius 3 is 2.62 bits per heavy atom. The molecule has 0 N–H and O–H groups in total. The molecule has 0 fully saturated rings. The molecule has 13 heavy (non-hydrogen) atoms. The lowest BCUT2D eigenvalue weighted by Crippen LogP contribution is -2.28. The monoisotopic (exact) mass is 267 g/mol. The van der Waals surface area contributed by atoms with Gasteiger partial charge in [-0.25, -0.2) is 0 Å². The third kappa shape index (κ3) is 7.83. The van der Waals surface area contributed by atoms with Crippen molar-refractivity contribution in [3.63, 3.8) is 0 Å². The maximum Gasteiger partial charge on any atom is 0.00718 e. The van der Waals surface area contributed by atoms with Gasteiger partial charge in [0.1, 0.15) is 0 Å². The molecule has 0 aromatic heterocycles. The average molecular weight is 268 g/mol. The van der Waals surface area contributed by atoms with Gasteiger partial charge in [-0.05, 0) is 25.6 Å². The summed E-state index contributed by atoms with van der Waals surface area (Å²) < 4.78 is 0. The minimum atomic E-state index is 0.830. The molecule has 0 aliphatic carbocycles. The fourth-order valence-electron chi connectivity index (χ4n) is 1.40. The second-order valence-corrected chi connectivity index (χ2v) is 5.20. The first-order chi connectivity index (χ1) is 6.24. The molecule has 3 heteroatoms. The Balaban J connectivity index is 3.53. The Morgan fingerprint density at radius 1 is 1.46 bits per heavy atom. The molecule has 0 spiro atoms. The normalized spacial score (nSPS) is 13.6. The van der Waals surface area contributed by atoms with Gasteiger partial charge in [-0.15, -0.1) is 0 Å². The van der Waals surface area contributed by atoms with Crippen LogP contribution in [0.2, 0.25) is 0 Å². The maximum absolute atomic E-state index is 3.58. The minimum Gasteiger partial charge on any atom is -0.305 e. The summed E-state index contributed by atoms with van der Waals surface area (Å²) in [6.07, 6.45) is 4.81. The zero-order valence-corrected chi connectivity index (χ0v) is 11.5. The molecule has 0 saturated carbocycles. The van der Waals surface area contributed by atoms with Gasteiger partial charge in [-0.1, -0.05) is 29.3 Å². The molecular weight excluding hydrogens is 246 g/mol. The van der Waals surface area contributed by atoms with Gasteiger partial charge in [0, 0.05) is 24.2 Å². The predicted molar refractivity (Wildman–Crippen MR) is 68.1 cm³/mol. The summed E-state index contributed by atoms with van der Waals surface area (Å²) in [6.45, 7) is 4.71. The summed E-state index contributed by atoms with van der Waals surface area (Å²) in [5.41, 5.74) is 0. The zero-order valence-electron chi connectivity index (χ0n) is 9.05. The van der Waals surface area contributed by atoms with Crippen LogP contribution in [0.5, 0.6) is 0 Å². The van der Waals surface area contributed by atoms with Gasteiger partial charge >= 0.3 is 0 Å². The van der Waals surface area contributed by atoms with Crippen LogP contribution in [0.15, 0.2) is 0 Å². The van der Waals surface area contributed by atoms with Crippen molar-refractivity contribution in [3.05, 3.63) is 0 Å². The number of alkyl halides is 1. The first kappa shape index (κ1) is 13.8. The highest BCUT2D eigenvalue weighted by molar-refractivity contribution is 9.09. The van der Waals surface area contributed by atoms with E-state index in [2.05, 4.69) is 41.1 Å². The molecule has 0 aliphatic heterocycles. The average Bonchev–Trinajstić information content (AvgIpc) is 2.14. The molecule has 0 saturated heterocycles. The highest BCUT2D eigenvalue weighted by atomic mass is 79.9. The van der Waals surface area contributed by atoms with Gasteiger partial charge in [0.2, 0.25) is 0 Å². The van der Waals surface area contributed by atoms with E-state index in [0.717, 1.165) is 11.2 Å². The maximum atomic E-state index is 3.58. The van der Waals surface area contributed by atoms with Crippen molar-refractivity contribution < 1.29 is 0 Å². The molecule has 80 valence electrons. The third-order valence-electron chi connectivity index (χ3n) is 2.16. The second kappa shape index (κ2) is 9.35. The molecule has 0 aromatic carbocycles. The van der Waals surface area contributed by atoms with Crippen LogP contribution in [0.25, 0.3) is 0 Å². The van der Waals surface area contributed by atoms with Crippen LogP contribution >= 0.6 is 27.7 Å². The fourth-order valence-corrected chi connectivity index (χ4v) is 2.43. The predicted octanol–water partition coefficient (Wildman–Crippen LogP) is 3.09. The largest absolute Gasteiger partial charge is 0.305 e. The topological polar surface area (TPSA) is 3.24 Å². The van der Waals surface area contributed by atoms with Crippen LogP contribution < -0.4 is 0 Å². The van der Waals surface area contributed by atoms with Crippen LogP contribution in [-0.4, -0.2) is 42.4 Å². The summed E-state index contributed by atoms with van der Waals surface area (Å²) in [4.78, 5) is 2.44. The van der Waals surface area contributed by atoms with E-state index in [4.69, 9.17) is 0 Å². The van der Waals surface area contributed by atoms with Gasteiger partial charge in [-0.3, -0.25) is 0 Å². The Hall–Kier alpha value is 0.790. The lowest BCUT2D eigenvalue weighted by Gasteiger charge is -2.21. The van der Waals surface area contributed by atoms with Gasteiger partial charge in [-0.2, -0.15) is 11.8 Å². The summed E-state index contributed by atoms with van der Waals surface area (Å²) in [7, 11) is 2.22. The molecular formula is C10H22BrNS. The Bertz CT molecular complexity index is 111. The SMILES string of the molecule is CCCC(CBr)CN(C)CCSC. The van der Waals surface area contributed by atoms with E-state index in [0.29, 0.717) is 0 Å². The molecule has 0 radical (unpaired) electrons. The molecule has 1 atom stereocenters. The van der Waals surface area contributed by atoms with E-state index in [1.165, 1.54) is 31.7 Å². The van der Waals surface area contributed by atoms with Crippen molar-refractivity contribution in [3.8, 4) is 0 Å². The molecule has 0 aliphatic rings. The second-order valence-electron chi connectivity index (χ2n) is 3.56. The van der Waals surface area contributed by atoms with Crippen LogP contribution in [0.4, 0.5) is 0 Å². The Morgan fingerprint density at radius 2 is 2.15 bits per heavy atom. The van der Waals surface area contributed by atoms with Crippen molar-refractivity contribution in [2.75, 3.05) is 37.5 Å². The Kier molecular flexibility index (Phi) is 9.92. The van der Waals surface area contributed by atoms with Crippen LogP contribution in [0.3, 0.4) is 0 Å². The van der Waals surface area contributed by atoms with E-state index < -0.39 is 0 Å². The van der Waals surface area contributed by atoms with Gasteiger partial charge < -0.3 is 4.90 Å². The van der Waals surface area contributed by atoms with E-state index in [-0.39, 0.29) is 0 Å². The van der Waals surface area contributed by atoms with Crippen molar-refractivity contribution in [2.45, 2.75) is 19.8 Å². The number of hydrogen-bond donors (Lipinski definition) is 0. The molecule has 1 nitrogen and oxygen atoms in total. The quantitative estimate of drug-likeness (QED) is 0.622. The zero-order chi connectivity index (χ0) is 10.1. The van der Waals surface area contributed by atoms with Crippen molar-refractivity contribution in [1.29, 1.82) is 0 Å². The smallest absolute Gasteiger partial charge is 0.00718 e. The van der Waals surface area contributed by atoms with Gasteiger partial charge in [0.15, 0.2) is 0 Å². The van der Waals surface area contributed by atoms with Crippen molar-refractivity contribution in [2.24, 2.45) is 5.92 Å². The summed E-state index contributed by atoms with van der Waals surface area (Å²) in [6, 6.07) is 0. The summed E-state index contributed by atoms with van der Waals surface area (Å²) in [5.74, 6) is 2.08. The highest BCUT2D eigenvalue weighted by Crippen LogP contribution is 2.11. The lowest BCUT2D eigenvalue weighted by molar-refractivity contribution is 0.295. The number of halogens is 1. The minimum absolute atomic E-state index is 0.830. The number of rotatable bonds is 8. The fraction of sp³-hybridized carbons (Fsp3) is 1.00. The first-order valence-electron chi connectivity index (χ1n) is 4.98. The third-order valence-corrected chi connectivity index (χ3v) is 3.67. The molecule has 0 rings (SSSR count). The first-order valence-corrected chi connectivity index (χ1v) is 7.49. The van der Waals surface area contributed by atoms with Crippen molar-refractivity contribution in [1.82, 2.24) is 4.90 Å². The molecule has 0 amide bonds. The Labute approximate surface area is 95.8 Å². The molecule has 0 heterocycles. The van der Waals surface area contributed by atoms with E-state index in [1.807, 2.05) is 11.8 Å². The van der Waals surface area contributed by atoms with Gasteiger partial charge in [0.05, 0.1) is 0 Å². The van der Waals surface area contributed by atoms with Crippen LogP contribution in [0, 0.1) is 5.92 Å². The van der Waals surface area contributed by atoms with E-state index in [9.17, 15) is 0 Å². The van der Waals surface area contributed by atoms with Crippen molar-refractivity contribution >= 4 is 27.7 Å². The lowest BCUT2D eigenvalue weighted by atomic mass is 10.1. The van der Waals surface area contributed by atoms with E-state index in [1.54, 1.807) is 0 Å². The molecule has 0 aromatic rings. The van der Waals surface area contributed by atoms with Gasteiger partial charge in [0.25, 0.3) is 0 Å². The van der Waals surface area contributed by atoms with Crippen LogP contribution in [-0.2, 0) is 0 Å². The number of thioether (sulfide) groups is 1. The number of hydrogen-bond acceptors (Lipinski definition) is 2. The van der Waals surface area contributed by atoms with Crippen LogP contribution in [0.1, 0.15) is 19.8 Å². The highest BCUT2D eigenvalue weighted by Gasteiger charge is 2.08. The molecule has 1 unspecified atom stereocenters. The summed E-state index contributed by atoms with van der Waals surface area (Å²) >= 11 is 5.51. The molecule has 0 bridgehead atoms.